The molecule has 30 heavy (non-hydrogen) atoms. The standard InChI is InChI=1S/C13H10.C12H10O.2ClH.FH.Ti/c1-3-7-12(8-4-1)11-13-9-5-2-6-10-13;13-12-8-4-7-11(9-12)10-5-2-1-3-6-10;;;;/h1-10H;1-9,13H;3*1H;/q;;;;;+1/p-1. The third-order valence-electron chi connectivity index (χ3n) is 4.17. The molecule has 0 radical (unpaired) electrons. The Hall–Kier alpha value is -2.23. The summed E-state index contributed by atoms with van der Waals surface area (Å²) >= 11 is -1.53. The summed E-state index contributed by atoms with van der Waals surface area (Å²) in [5.41, 5.74) is 4.18. The molecule has 0 aliphatic carbocycles. The molecular formula is C25H22Cl2FOTi. The molecule has 0 heterocycles. The number of aromatic hydroxyl groups is 1. The minimum absolute atomic E-state index is 0. The molecule has 0 atom stereocenters. The van der Waals surface area contributed by atoms with Gasteiger partial charge in [0.1, 0.15) is 5.75 Å². The molecule has 0 spiro atoms. The molecule has 0 aliphatic rings. The molecule has 4 rings (SSSR count). The Morgan fingerprint density at radius 2 is 1.00 bits per heavy atom. The van der Waals surface area contributed by atoms with E-state index in [-0.39, 0.29) is 24.8 Å². The van der Waals surface area contributed by atoms with Gasteiger partial charge in [-0.3, -0.25) is 0 Å². The van der Waals surface area contributed by atoms with Crippen LogP contribution in [-0.2, 0) is 19.2 Å². The number of phenols is 1. The van der Waals surface area contributed by atoms with E-state index in [1.807, 2.05) is 103 Å². The topological polar surface area (TPSA) is 20.2 Å². The summed E-state index contributed by atoms with van der Waals surface area (Å²) < 4.78 is 14.0. The van der Waals surface area contributed by atoms with Crippen LogP contribution in [0, 0.1) is 0 Å². The fraction of sp³-hybridized carbons (Fsp3) is 0. The van der Waals surface area contributed by atoms with E-state index in [1.165, 1.54) is 0 Å². The van der Waals surface area contributed by atoms with Gasteiger partial charge in [0.2, 0.25) is 0 Å². The normalized spacial score (nSPS) is 8.97. The molecule has 153 valence electrons. The van der Waals surface area contributed by atoms with Gasteiger partial charge < -0.3 is 5.11 Å². The Morgan fingerprint density at radius 1 is 0.567 bits per heavy atom. The molecule has 1 nitrogen and oxygen atoms in total. The van der Waals surface area contributed by atoms with Gasteiger partial charge in [-0.15, -0.1) is 24.8 Å². The maximum atomic E-state index is 13.1. The quantitative estimate of drug-likeness (QED) is 0.312. The average molecular weight is 476 g/mol. The van der Waals surface area contributed by atoms with Gasteiger partial charge in [-0.05, 0) is 23.3 Å². The van der Waals surface area contributed by atoms with Gasteiger partial charge in [-0.2, -0.15) is 0 Å². The molecule has 4 aromatic rings. The fourth-order valence-electron chi connectivity index (χ4n) is 2.80. The molecule has 0 aromatic heterocycles. The number of rotatable bonds is 3. The first-order valence-electron chi connectivity index (χ1n) is 8.97. The van der Waals surface area contributed by atoms with Crippen LogP contribution in [0.25, 0.3) is 11.1 Å². The number of phenolic OH excluding ortho intramolecular Hbond substituents is 1. The van der Waals surface area contributed by atoms with E-state index in [0.717, 1.165) is 26.1 Å². The predicted molar refractivity (Wildman–Crippen MR) is 125 cm³/mol. The summed E-state index contributed by atoms with van der Waals surface area (Å²) in [6.07, 6.45) is 0. The van der Waals surface area contributed by atoms with Crippen molar-refractivity contribution in [2.75, 3.05) is 0 Å². The van der Waals surface area contributed by atoms with E-state index >= 15 is 0 Å². The minimum atomic E-state index is -1.53. The zero-order chi connectivity index (χ0) is 19.6. The van der Waals surface area contributed by atoms with Gasteiger partial charge in [-0.1, -0.05) is 42.5 Å². The average Bonchev–Trinajstić information content (AvgIpc) is 2.77. The Morgan fingerprint density at radius 3 is 1.43 bits per heavy atom. The van der Waals surface area contributed by atoms with Crippen molar-refractivity contribution in [2.45, 2.75) is 0 Å². The zero-order valence-corrected chi connectivity index (χ0v) is 19.3. The third kappa shape index (κ3) is 7.55. The Kier molecular flexibility index (Phi) is 12.0. The van der Waals surface area contributed by atoms with E-state index < -0.39 is 19.2 Å². The number of hydrogen-bond donors (Lipinski definition) is 1. The predicted octanol–water partition coefficient (Wildman–Crippen LogP) is 7.13. The van der Waals surface area contributed by atoms with Gasteiger partial charge in [-0.25, -0.2) is 0 Å². The van der Waals surface area contributed by atoms with Crippen LogP contribution < -0.4 is 0 Å². The zero-order valence-electron chi connectivity index (χ0n) is 16.1. The van der Waals surface area contributed by atoms with Crippen molar-refractivity contribution in [3.63, 3.8) is 0 Å². The van der Waals surface area contributed by atoms with Crippen LogP contribution in [0.5, 0.6) is 5.75 Å². The summed E-state index contributed by atoms with van der Waals surface area (Å²) in [5.74, 6) is 0.307. The van der Waals surface area contributed by atoms with Gasteiger partial charge in [0.25, 0.3) is 0 Å². The summed E-state index contributed by atoms with van der Waals surface area (Å²) in [6, 6.07) is 36.8. The molecule has 0 saturated carbocycles. The Bertz CT molecular complexity index is 985. The van der Waals surface area contributed by atoms with E-state index in [1.54, 1.807) is 12.1 Å². The van der Waals surface area contributed by atoms with Crippen LogP contribution >= 0.6 is 24.8 Å². The van der Waals surface area contributed by atoms with Gasteiger partial charge in [0, 0.05) is 0 Å². The van der Waals surface area contributed by atoms with E-state index in [9.17, 15) is 8.20 Å². The SMILES string of the molecule is Cl.Cl.Oc1cccc(-c2ccccc2)c1.[F][Ti]=[C](c1ccccc1)c1ccccc1. The van der Waals surface area contributed by atoms with E-state index in [2.05, 4.69) is 0 Å². The first kappa shape index (κ1) is 25.8. The Balaban J connectivity index is 0.000000284. The summed E-state index contributed by atoms with van der Waals surface area (Å²) in [5, 5.41) is 9.27. The van der Waals surface area contributed by atoms with Crippen molar-refractivity contribution in [1.82, 2.24) is 0 Å². The van der Waals surface area contributed by atoms with Crippen LogP contribution in [0.15, 0.2) is 115 Å². The van der Waals surface area contributed by atoms with Crippen molar-refractivity contribution in [3.8, 4) is 16.9 Å². The first-order valence-corrected chi connectivity index (χ1v) is 10.3. The molecule has 0 amide bonds. The van der Waals surface area contributed by atoms with Crippen molar-refractivity contribution < 1.29 is 27.4 Å². The first-order chi connectivity index (χ1) is 13.8. The van der Waals surface area contributed by atoms with Crippen LogP contribution in [0.3, 0.4) is 0 Å². The number of hydrogen-bond acceptors (Lipinski definition) is 1. The Labute approximate surface area is 198 Å². The van der Waals surface area contributed by atoms with Crippen LogP contribution in [0.1, 0.15) is 11.1 Å². The molecule has 0 unspecified atom stereocenters. The van der Waals surface area contributed by atoms with Crippen LogP contribution in [0.2, 0.25) is 0 Å². The summed E-state index contributed by atoms with van der Waals surface area (Å²) in [4.78, 5) is 0. The molecule has 0 fully saturated rings. The molecule has 5 heteroatoms. The van der Waals surface area contributed by atoms with Gasteiger partial charge >= 0.3 is 97.9 Å². The van der Waals surface area contributed by atoms with E-state index in [0.29, 0.717) is 5.75 Å². The van der Waals surface area contributed by atoms with Crippen molar-refractivity contribution >= 4 is 28.6 Å². The molecule has 0 bridgehead atoms. The molecule has 1 N–H and O–H groups in total. The monoisotopic (exact) mass is 475 g/mol. The second-order valence-electron chi connectivity index (χ2n) is 6.12. The molecule has 4 aromatic carbocycles. The van der Waals surface area contributed by atoms with Crippen LogP contribution in [-0.4, -0.2) is 8.92 Å². The number of halogens is 3. The van der Waals surface area contributed by atoms with Crippen LogP contribution in [0.4, 0.5) is 3.09 Å². The maximum absolute atomic E-state index is 13.1. The second kappa shape index (κ2) is 13.9. The van der Waals surface area contributed by atoms with E-state index in [4.69, 9.17) is 0 Å². The van der Waals surface area contributed by atoms with Gasteiger partial charge in [0.05, 0.1) is 0 Å². The molecule has 0 saturated heterocycles. The molecule has 0 aliphatic heterocycles. The van der Waals surface area contributed by atoms with Crippen molar-refractivity contribution in [3.05, 3.63) is 126 Å². The van der Waals surface area contributed by atoms with Crippen molar-refractivity contribution in [2.24, 2.45) is 0 Å². The van der Waals surface area contributed by atoms with Gasteiger partial charge in [0.15, 0.2) is 0 Å². The number of benzene rings is 4. The second-order valence-corrected chi connectivity index (χ2v) is 7.19. The van der Waals surface area contributed by atoms with Crippen molar-refractivity contribution in [1.29, 1.82) is 0 Å². The fourth-order valence-corrected chi connectivity index (χ4v) is 3.66. The third-order valence-corrected chi connectivity index (χ3v) is 5.37. The molecular weight excluding hydrogens is 454 g/mol. The summed E-state index contributed by atoms with van der Waals surface area (Å²) in [7, 11) is 0. The summed E-state index contributed by atoms with van der Waals surface area (Å²) in [6.45, 7) is 0.